The number of nitro benzene ring substituents is 1. The van der Waals surface area contributed by atoms with Gasteiger partial charge in [0, 0.05) is 23.7 Å². The van der Waals surface area contributed by atoms with Gasteiger partial charge < -0.3 is 14.4 Å². The molecule has 142 valence electrons. The Kier molecular flexibility index (Phi) is 5.49. The predicted octanol–water partition coefficient (Wildman–Crippen LogP) is 2.39. The molecule has 1 aliphatic heterocycles. The Labute approximate surface area is 156 Å². The molecule has 0 saturated carbocycles. The molecule has 0 spiro atoms. The van der Waals surface area contributed by atoms with Gasteiger partial charge >= 0.3 is 0 Å². The number of piperidine rings is 1. The maximum Gasteiger partial charge on any atom is 0.273 e. The summed E-state index contributed by atoms with van der Waals surface area (Å²) in [7, 11) is 1.50. The van der Waals surface area contributed by atoms with Gasteiger partial charge in [0.15, 0.2) is 0 Å². The van der Waals surface area contributed by atoms with Crippen molar-refractivity contribution in [3.05, 3.63) is 51.8 Å². The molecule has 0 bridgehead atoms. The maximum atomic E-state index is 12.8. The number of rotatable bonds is 5. The summed E-state index contributed by atoms with van der Waals surface area (Å²) in [6.45, 7) is 2.59. The normalized spacial score (nSPS) is 16.7. The third-order valence-electron chi connectivity index (χ3n) is 4.41. The van der Waals surface area contributed by atoms with Gasteiger partial charge in [-0.05, 0) is 25.8 Å². The number of amides is 1. The van der Waals surface area contributed by atoms with Gasteiger partial charge in [-0.25, -0.2) is 0 Å². The molecular weight excluding hydrogens is 352 g/mol. The van der Waals surface area contributed by atoms with Crippen molar-refractivity contribution in [2.75, 3.05) is 20.2 Å². The lowest BCUT2D eigenvalue weighted by Crippen LogP contribution is -2.44. The van der Waals surface area contributed by atoms with E-state index in [4.69, 9.17) is 9.47 Å². The summed E-state index contributed by atoms with van der Waals surface area (Å²) in [6, 6.07) is 4.54. The summed E-state index contributed by atoms with van der Waals surface area (Å²) in [5.41, 5.74) is 0.763. The summed E-state index contributed by atoms with van der Waals surface area (Å²) in [5.74, 6) is 0.436. The number of aryl methyl sites for hydroxylation is 1. The van der Waals surface area contributed by atoms with Crippen LogP contribution in [-0.4, -0.2) is 52.0 Å². The molecule has 1 saturated heterocycles. The van der Waals surface area contributed by atoms with E-state index in [1.54, 1.807) is 24.0 Å². The van der Waals surface area contributed by atoms with E-state index in [9.17, 15) is 14.9 Å². The molecule has 1 unspecified atom stereocenters. The SMILES string of the molecule is COc1cncc(OC2CCCN(C(=O)c3ccc(C)c([N+](=O)[O-])c3)C2)n1. The number of likely N-dealkylation sites (tertiary alicyclic amines) is 1. The van der Waals surface area contributed by atoms with Crippen molar-refractivity contribution in [2.24, 2.45) is 0 Å². The van der Waals surface area contributed by atoms with Crippen molar-refractivity contribution in [1.82, 2.24) is 14.9 Å². The fourth-order valence-corrected chi connectivity index (χ4v) is 3.00. The van der Waals surface area contributed by atoms with E-state index >= 15 is 0 Å². The zero-order chi connectivity index (χ0) is 19.4. The van der Waals surface area contributed by atoms with E-state index in [2.05, 4.69) is 9.97 Å². The van der Waals surface area contributed by atoms with Crippen LogP contribution >= 0.6 is 0 Å². The van der Waals surface area contributed by atoms with Gasteiger partial charge in [-0.15, -0.1) is 0 Å². The van der Waals surface area contributed by atoms with Crippen molar-refractivity contribution in [2.45, 2.75) is 25.9 Å². The number of ether oxygens (including phenoxy) is 2. The van der Waals surface area contributed by atoms with Gasteiger partial charge in [-0.3, -0.25) is 19.9 Å². The third-order valence-corrected chi connectivity index (χ3v) is 4.41. The number of nitrogens with zero attached hydrogens (tertiary/aromatic N) is 4. The molecule has 2 heterocycles. The van der Waals surface area contributed by atoms with E-state index in [0.29, 0.717) is 36.0 Å². The van der Waals surface area contributed by atoms with Crippen molar-refractivity contribution >= 4 is 11.6 Å². The molecule has 2 aromatic rings. The van der Waals surface area contributed by atoms with Crippen LogP contribution in [0.15, 0.2) is 30.6 Å². The number of benzene rings is 1. The Morgan fingerprint density at radius 3 is 2.85 bits per heavy atom. The van der Waals surface area contributed by atoms with Crippen LogP contribution in [0.25, 0.3) is 0 Å². The van der Waals surface area contributed by atoms with Crippen LogP contribution in [0.5, 0.6) is 11.8 Å². The highest BCUT2D eigenvalue weighted by molar-refractivity contribution is 5.95. The first kappa shape index (κ1) is 18.6. The average Bonchev–Trinajstić information content (AvgIpc) is 2.68. The molecule has 1 aromatic carbocycles. The first-order chi connectivity index (χ1) is 13.0. The molecule has 0 N–H and O–H groups in total. The second-order valence-corrected chi connectivity index (χ2v) is 6.29. The number of methoxy groups -OCH3 is 1. The summed E-state index contributed by atoms with van der Waals surface area (Å²) < 4.78 is 10.9. The zero-order valence-electron chi connectivity index (χ0n) is 15.1. The number of hydrogen-bond acceptors (Lipinski definition) is 7. The van der Waals surface area contributed by atoms with Gasteiger partial charge in [0.1, 0.15) is 6.10 Å². The van der Waals surface area contributed by atoms with Gasteiger partial charge in [0.05, 0.1) is 31.0 Å². The number of carbonyl (C=O) groups excluding carboxylic acids is 1. The lowest BCUT2D eigenvalue weighted by molar-refractivity contribution is -0.385. The van der Waals surface area contributed by atoms with Crippen molar-refractivity contribution in [3.8, 4) is 11.8 Å². The molecular formula is C18H20N4O5. The van der Waals surface area contributed by atoms with Crippen LogP contribution in [0.3, 0.4) is 0 Å². The predicted molar refractivity (Wildman–Crippen MR) is 96.0 cm³/mol. The fraction of sp³-hybridized carbons (Fsp3) is 0.389. The standard InChI is InChI=1S/C18H20N4O5/c1-12-5-6-13(8-15(12)22(24)25)18(23)21-7-3-4-14(11-21)27-17-10-19-9-16(20-17)26-2/h5-6,8-10,14H,3-4,7,11H2,1-2H3. The van der Waals surface area contributed by atoms with Crippen molar-refractivity contribution in [3.63, 3.8) is 0 Å². The Bertz CT molecular complexity index is 857. The molecule has 1 atom stereocenters. The monoisotopic (exact) mass is 372 g/mol. The Morgan fingerprint density at radius 2 is 2.11 bits per heavy atom. The number of carbonyl (C=O) groups is 1. The molecule has 9 nitrogen and oxygen atoms in total. The minimum atomic E-state index is -0.476. The van der Waals surface area contributed by atoms with E-state index in [-0.39, 0.29) is 17.7 Å². The van der Waals surface area contributed by atoms with Gasteiger partial charge in [-0.1, -0.05) is 6.07 Å². The average molecular weight is 372 g/mol. The van der Waals surface area contributed by atoms with E-state index in [1.807, 2.05) is 0 Å². The molecule has 0 radical (unpaired) electrons. The number of aromatic nitrogens is 2. The largest absolute Gasteiger partial charge is 0.480 e. The Balaban J connectivity index is 1.71. The van der Waals surface area contributed by atoms with Crippen LogP contribution in [0.4, 0.5) is 5.69 Å². The van der Waals surface area contributed by atoms with Crippen molar-refractivity contribution < 1.29 is 19.2 Å². The van der Waals surface area contributed by atoms with Gasteiger partial charge in [0.25, 0.3) is 11.6 Å². The van der Waals surface area contributed by atoms with E-state index in [1.165, 1.54) is 25.6 Å². The van der Waals surface area contributed by atoms with Crippen LogP contribution in [-0.2, 0) is 0 Å². The fourth-order valence-electron chi connectivity index (χ4n) is 3.00. The number of hydrogen-bond donors (Lipinski definition) is 0. The maximum absolute atomic E-state index is 12.8. The van der Waals surface area contributed by atoms with Crippen LogP contribution < -0.4 is 9.47 Å². The highest BCUT2D eigenvalue weighted by atomic mass is 16.6. The van der Waals surface area contributed by atoms with E-state index in [0.717, 1.165) is 12.8 Å². The second-order valence-electron chi connectivity index (χ2n) is 6.29. The Morgan fingerprint density at radius 1 is 1.33 bits per heavy atom. The highest BCUT2D eigenvalue weighted by Crippen LogP contribution is 2.23. The molecule has 9 heteroatoms. The molecule has 3 rings (SSSR count). The first-order valence-electron chi connectivity index (χ1n) is 8.55. The topological polar surface area (TPSA) is 108 Å². The second kappa shape index (κ2) is 7.98. The van der Waals surface area contributed by atoms with E-state index < -0.39 is 4.92 Å². The lowest BCUT2D eigenvalue weighted by atomic mass is 10.0. The summed E-state index contributed by atoms with van der Waals surface area (Å²) in [6.07, 6.45) is 4.28. The lowest BCUT2D eigenvalue weighted by Gasteiger charge is -2.32. The third kappa shape index (κ3) is 4.30. The van der Waals surface area contributed by atoms with Crippen LogP contribution in [0, 0.1) is 17.0 Å². The molecule has 1 amide bonds. The van der Waals surface area contributed by atoms with Gasteiger partial charge in [0.2, 0.25) is 11.8 Å². The molecule has 1 aromatic heterocycles. The molecule has 1 fully saturated rings. The minimum absolute atomic E-state index is 0.0580. The Hall–Kier alpha value is -3.23. The summed E-state index contributed by atoms with van der Waals surface area (Å²) >= 11 is 0. The minimum Gasteiger partial charge on any atom is -0.480 e. The zero-order valence-corrected chi connectivity index (χ0v) is 15.1. The number of nitro groups is 1. The quantitative estimate of drug-likeness (QED) is 0.586. The molecule has 27 heavy (non-hydrogen) atoms. The summed E-state index contributed by atoms with van der Waals surface area (Å²) in [5, 5.41) is 11.1. The van der Waals surface area contributed by atoms with Crippen LogP contribution in [0.1, 0.15) is 28.8 Å². The van der Waals surface area contributed by atoms with Crippen molar-refractivity contribution in [1.29, 1.82) is 0 Å². The summed E-state index contributed by atoms with van der Waals surface area (Å²) in [4.78, 5) is 33.2. The first-order valence-corrected chi connectivity index (χ1v) is 8.55. The highest BCUT2D eigenvalue weighted by Gasteiger charge is 2.27. The smallest absolute Gasteiger partial charge is 0.273 e. The van der Waals surface area contributed by atoms with Crippen LogP contribution in [0.2, 0.25) is 0 Å². The van der Waals surface area contributed by atoms with Gasteiger partial charge in [-0.2, -0.15) is 4.98 Å². The molecule has 1 aliphatic rings. The molecule has 0 aliphatic carbocycles.